The molecular formula is C56H36N2O. The van der Waals surface area contributed by atoms with Crippen molar-refractivity contribution >= 4 is 82.4 Å². The Kier molecular flexibility index (Phi) is 7.54. The molecule has 0 radical (unpaired) electrons. The van der Waals surface area contributed by atoms with Crippen LogP contribution in [0.3, 0.4) is 0 Å². The predicted molar refractivity (Wildman–Crippen MR) is 249 cm³/mol. The lowest BCUT2D eigenvalue weighted by Gasteiger charge is -2.29. The molecule has 3 heteroatoms. The molecular weight excluding hydrogens is 717 g/mol. The number of furan rings is 1. The Morgan fingerprint density at radius 3 is 1.81 bits per heavy atom. The van der Waals surface area contributed by atoms with Crippen LogP contribution in [0.5, 0.6) is 0 Å². The highest BCUT2D eigenvalue weighted by Gasteiger charge is 2.22. The lowest BCUT2D eigenvalue weighted by Crippen LogP contribution is -2.13. The molecule has 2 heterocycles. The number of para-hydroxylation sites is 4. The summed E-state index contributed by atoms with van der Waals surface area (Å²) in [5, 5.41) is 9.52. The normalized spacial score (nSPS) is 11.7. The first-order chi connectivity index (χ1) is 29.3. The van der Waals surface area contributed by atoms with E-state index in [0.29, 0.717) is 0 Å². The van der Waals surface area contributed by atoms with E-state index in [-0.39, 0.29) is 0 Å². The maximum absolute atomic E-state index is 6.58. The first-order valence-electron chi connectivity index (χ1n) is 20.2. The molecule has 12 aromatic rings. The maximum atomic E-state index is 6.58. The van der Waals surface area contributed by atoms with Crippen molar-refractivity contribution in [3.63, 3.8) is 0 Å². The summed E-state index contributed by atoms with van der Waals surface area (Å²) in [7, 11) is 0. The molecule has 0 saturated carbocycles. The Bertz CT molecular complexity index is 3520. The zero-order valence-electron chi connectivity index (χ0n) is 32.1. The van der Waals surface area contributed by atoms with Crippen LogP contribution in [0.1, 0.15) is 0 Å². The van der Waals surface area contributed by atoms with Crippen LogP contribution < -0.4 is 4.90 Å². The predicted octanol–water partition coefficient (Wildman–Crippen LogP) is 15.8. The van der Waals surface area contributed by atoms with Crippen molar-refractivity contribution in [3.05, 3.63) is 218 Å². The lowest BCUT2D eigenvalue weighted by molar-refractivity contribution is 0.673. The van der Waals surface area contributed by atoms with Crippen molar-refractivity contribution in [2.45, 2.75) is 0 Å². The molecule has 59 heavy (non-hydrogen) atoms. The van der Waals surface area contributed by atoms with Gasteiger partial charge in [0.15, 0.2) is 0 Å². The van der Waals surface area contributed by atoms with Crippen molar-refractivity contribution in [3.8, 4) is 27.9 Å². The van der Waals surface area contributed by atoms with Crippen molar-refractivity contribution in [2.24, 2.45) is 0 Å². The van der Waals surface area contributed by atoms with E-state index in [2.05, 4.69) is 228 Å². The van der Waals surface area contributed by atoms with Gasteiger partial charge in [-0.3, -0.25) is 0 Å². The van der Waals surface area contributed by atoms with Gasteiger partial charge in [0.2, 0.25) is 0 Å². The second kappa shape index (κ2) is 13.4. The third-order valence-electron chi connectivity index (χ3n) is 12.0. The van der Waals surface area contributed by atoms with Crippen molar-refractivity contribution in [1.29, 1.82) is 0 Å². The number of benzene rings is 10. The zero-order chi connectivity index (χ0) is 38.9. The summed E-state index contributed by atoms with van der Waals surface area (Å²) in [4.78, 5) is 2.41. The molecule has 0 saturated heterocycles. The molecule has 2 aromatic heterocycles. The molecule has 0 aliphatic rings. The molecule has 3 nitrogen and oxygen atoms in total. The van der Waals surface area contributed by atoms with Crippen LogP contribution in [0.25, 0.3) is 93.2 Å². The summed E-state index contributed by atoms with van der Waals surface area (Å²) in [6, 6.07) is 78.8. The fourth-order valence-corrected chi connectivity index (χ4v) is 9.23. The van der Waals surface area contributed by atoms with Crippen LogP contribution in [0.15, 0.2) is 223 Å². The Morgan fingerprint density at radius 2 is 1.00 bits per heavy atom. The number of rotatable bonds is 6. The topological polar surface area (TPSA) is 21.3 Å². The van der Waals surface area contributed by atoms with E-state index in [0.717, 1.165) is 66.8 Å². The van der Waals surface area contributed by atoms with Crippen LogP contribution in [-0.2, 0) is 0 Å². The van der Waals surface area contributed by atoms with Gasteiger partial charge >= 0.3 is 0 Å². The number of aromatic nitrogens is 1. The molecule has 0 fully saturated rings. The van der Waals surface area contributed by atoms with Gasteiger partial charge in [-0.25, -0.2) is 0 Å². The standard InChI is InChI=1S/C56H36N2O/c1-2-15-40-35-42(28-27-37(40)13-1)41-16-11-17-44(36-41)57(52-24-9-10-25-53(52)58-50-22-7-5-19-47(50)48-20-6-8-23-51(48)58)43-32-29-39(30-33-43)45-21-12-26-54-55(45)49-34-31-38-14-3-4-18-46(38)56(49)59-54/h1-36H. The van der Waals surface area contributed by atoms with Gasteiger partial charge in [0.25, 0.3) is 0 Å². The highest BCUT2D eigenvalue weighted by atomic mass is 16.3. The largest absolute Gasteiger partial charge is 0.455 e. The van der Waals surface area contributed by atoms with E-state index in [4.69, 9.17) is 4.42 Å². The van der Waals surface area contributed by atoms with E-state index in [1.54, 1.807) is 0 Å². The Balaban J connectivity index is 1.05. The summed E-state index contributed by atoms with van der Waals surface area (Å²) in [6.07, 6.45) is 0. The summed E-state index contributed by atoms with van der Waals surface area (Å²) in [6.45, 7) is 0. The van der Waals surface area contributed by atoms with Crippen molar-refractivity contribution < 1.29 is 4.42 Å². The van der Waals surface area contributed by atoms with Gasteiger partial charge in [-0.05, 0) is 105 Å². The minimum Gasteiger partial charge on any atom is -0.455 e. The fourth-order valence-electron chi connectivity index (χ4n) is 9.23. The minimum absolute atomic E-state index is 0.894. The second-order valence-corrected chi connectivity index (χ2v) is 15.3. The van der Waals surface area contributed by atoms with Gasteiger partial charge in [-0.15, -0.1) is 0 Å². The van der Waals surface area contributed by atoms with Crippen LogP contribution >= 0.6 is 0 Å². The summed E-state index contributed by atoms with van der Waals surface area (Å²) < 4.78 is 9.00. The monoisotopic (exact) mass is 752 g/mol. The van der Waals surface area contributed by atoms with E-state index in [9.17, 15) is 0 Å². The van der Waals surface area contributed by atoms with Crippen LogP contribution in [-0.4, -0.2) is 4.57 Å². The molecule has 0 atom stereocenters. The van der Waals surface area contributed by atoms with Gasteiger partial charge in [0.1, 0.15) is 11.2 Å². The Morgan fingerprint density at radius 1 is 0.373 bits per heavy atom. The van der Waals surface area contributed by atoms with E-state index < -0.39 is 0 Å². The third-order valence-corrected chi connectivity index (χ3v) is 12.0. The van der Waals surface area contributed by atoms with E-state index in [1.165, 1.54) is 43.5 Å². The Labute approximate surface area is 341 Å². The van der Waals surface area contributed by atoms with E-state index >= 15 is 0 Å². The summed E-state index contributed by atoms with van der Waals surface area (Å²) in [5.41, 5.74) is 13.1. The molecule has 0 amide bonds. The van der Waals surface area contributed by atoms with Crippen molar-refractivity contribution in [1.82, 2.24) is 4.57 Å². The van der Waals surface area contributed by atoms with E-state index in [1.807, 2.05) is 0 Å². The lowest BCUT2D eigenvalue weighted by atomic mass is 9.97. The van der Waals surface area contributed by atoms with Crippen LogP contribution in [0.2, 0.25) is 0 Å². The van der Waals surface area contributed by atoms with Gasteiger partial charge < -0.3 is 13.9 Å². The second-order valence-electron chi connectivity index (χ2n) is 15.3. The molecule has 0 unspecified atom stereocenters. The number of anilines is 3. The molecule has 0 bridgehead atoms. The fraction of sp³-hybridized carbons (Fsp3) is 0. The van der Waals surface area contributed by atoms with Crippen LogP contribution in [0, 0.1) is 0 Å². The molecule has 0 aliphatic carbocycles. The summed E-state index contributed by atoms with van der Waals surface area (Å²) >= 11 is 0. The van der Waals surface area contributed by atoms with Gasteiger partial charge in [0, 0.05) is 38.3 Å². The van der Waals surface area contributed by atoms with Crippen LogP contribution in [0.4, 0.5) is 17.1 Å². The quantitative estimate of drug-likeness (QED) is 0.169. The number of hydrogen-bond donors (Lipinski definition) is 0. The first kappa shape index (κ1) is 33.3. The first-order valence-corrected chi connectivity index (χ1v) is 20.2. The highest BCUT2D eigenvalue weighted by molar-refractivity contribution is 6.19. The zero-order valence-corrected chi connectivity index (χ0v) is 32.1. The number of fused-ring (bicyclic) bond motifs is 9. The molecule has 0 aliphatic heterocycles. The molecule has 10 aromatic carbocycles. The van der Waals surface area contributed by atoms with Gasteiger partial charge in [-0.1, -0.05) is 152 Å². The smallest absolute Gasteiger partial charge is 0.143 e. The molecule has 0 spiro atoms. The summed E-state index contributed by atoms with van der Waals surface area (Å²) in [5.74, 6) is 0. The van der Waals surface area contributed by atoms with Gasteiger partial charge in [0.05, 0.1) is 22.4 Å². The molecule has 12 rings (SSSR count). The third kappa shape index (κ3) is 5.36. The molecule has 276 valence electrons. The number of nitrogens with zero attached hydrogens (tertiary/aromatic N) is 2. The SMILES string of the molecule is c1cc(-c2ccc3ccccc3c2)cc(N(c2ccc(-c3cccc4oc5c6ccccc6ccc5c34)cc2)c2ccccc2-n2c3ccccc3c3ccccc32)c1. The average Bonchev–Trinajstić information content (AvgIpc) is 3.86. The Hall–Kier alpha value is -7.88. The number of hydrogen-bond acceptors (Lipinski definition) is 2. The molecule has 0 N–H and O–H groups in total. The van der Waals surface area contributed by atoms with Crippen molar-refractivity contribution in [2.75, 3.05) is 4.90 Å². The highest BCUT2D eigenvalue weighted by Crippen LogP contribution is 2.44. The van der Waals surface area contributed by atoms with Gasteiger partial charge in [-0.2, -0.15) is 0 Å². The average molecular weight is 753 g/mol. The maximum Gasteiger partial charge on any atom is 0.143 e. The minimum atomic E-state index is 0.894.